The Balaban J connectivity index is 2.05. The van der Waals surface area contributed by atoms with Crippen LogP contribution in [0.25, 0.3) is 32.6 Å². The van der Waals surface area contributed by atoms with Gasteiger partial charge in [-0.25, -0.2) is 0 Å². The molecule has 2 aromatic heterocycles. The van der Waals surface area contributed by atoms with Crippen LogP contribution in [-0.4, -0.2) is 4.98 Å². The highest BCUT2D eigenvalue weighted by Gasteiger charge is 2.15. The van der Waals surface area contributed by atoms with Crippen LogP contribution < -0.4 is 0 Å². The van der Waals surface area contributed by atoms with E-state index in [1.165, 1.54) is 32.6 Å². The van der Waals surface area contributed by atoms with Gasteiger partial charge in [-0.15, -0.1) is 11.3 Å². The fraction of sp³-hybridized carbons (Fsp3) is 0. The second-order valence-electron chi connectivity index (χ2n) is 4.77. The molecule has 4 rings (SSSR count). The van der Waals surface area contributed by atoms with E-state index in [1.54, 1.807) is 11.3 Å². The van der Waals surface area contributed by atoms with Crippen molar-refractivity contribution in [1.82, 2.24) is 4.98 Å². The molecule has 20 heavy (non-hydrogen) atoms. The Hall–Kier alpha value is -2.32. The van der Waals surface area contributed by atoms with E-state index in [9.17, 15) is 0 Å². The van der Waals surface area contributed by atoms with Gasteiger partial charge in [0.2, 0.25) is 0 Å². The summed E-state index contributed by atoms with van der Waals surface area (Å²) < 4.78 is 1.33. The van der Waals surface area contributed by atoms with Gasteiger partial charge in [-0.2, -0.15) is 0 Å². The van der Waals surface area contributed by atoms with Crippen molar-refractivity contribution in [3.05, 3.63) is 72.1 Å². The number of fused-ring (bicyclic) bond motifs is 1. The lowest BCUT2D eigenvalue weighted by atomic mass is 10.0. The molecule has 0 aliphatic heterocycles. The summed E-state index contributed by atoms with van der Waals surface area (Å²) in [5.74, 6) is 0. The number of hydrogen-bond donors (Lipinski definition) is 1. The zero-order valence-electron chi connectivity index (χ0n) is 10.8. The Morgan fingerprint density at radius 1 is 0.700 bits per heavy atom. The number of benzene rings is 2. The van der Waals surface area contributed by atoms with Crippen LogP contribution in [0.15, 0.2) is 72.1 Å². The first-order valence-electron chi connectivity index (χ1n) is 6.63. The molecule has 4 aromatic rings. The molecule has 0 saturated heterocycles. The number of thiophene rings is 1. The molecule has 0 unspecified atom stereocenters. The highest BCUT2D eigenvalue weighted by atomic mass is 32.1. The van der Waals surface area contributed by atoms with Crippen molar-refractivity contribution in [2.75, 3.05) is 0 Å². The second-order valence-corrected chi connectivity index (χ2v) is 5.69. The van der Waals surface area contributed by atoms with Gasteiger partial charge in [0, 0.05) is 5.56 Å². The maximum Gasteiger partial charge on any atom is 0.0604 e. The number of hydrogen-bond acceptors (Lipinski definition) is 1. The molecule has 96 valence electrons. The summed E-state index contributed by atoms with van der Waals surface area (Å²) in [4.78, 5) is 3.57. The summed E-state index contributed by atoms with van der Waals surface area (Å²) in [6, 6.07) is 23.3. The van der Waals surface area contributed by atoms with Crippen LogP contribution in [0.4, 0.5) is 0 Å². The predicted octanol–water partition coefficient (Wildman–Crippen LogP) is 5.56. The number of H-pyrrole nitrogens is 1. The van der Waals surface area contributed by atoms with Gasteiger partial charge in [0.15, 0.2) is 0 Å². The van der Waals surface area contributed by atoms with Crippen molar-refractivity contribution in [3.63, 3.8) is 0 Å². The fourth-order valence-corrected chi connectivity index (χ4v) is 3.54. The minimum atomic E-state index is 1.21. The van der Waals surface area contributed by atoms with Crippen LogP contribution in [0, 0.1) is 0 Å². The molecule has 2 heteroatoms. The Labute approximate surface area is 121 Å². The summed E-state index contributed by atoms with van der Waals surface area (Å²) in [7, 11) is 0. The van der Waals surface area contributed by atoms with E-state index in [0.29, 0.717) is 0 Å². The standard InChI is InChI=1S/C18H13NS/c1-3-7-13(8-4-1)16-17(14-9-5-2-6-10-14)19-15-11-12-20-18(15)16/h1-12,19H. The van der Waals surface area contributed by atoms with Gasteiger partial charge >= 0.3 is 0 Å². The van der Waals surface area contributed by atoms with Gasteiger partial charge < -0.3 is 4.98 Å². The zero-order valence-corrected chi connectivity index (χ0v) is 11.7. The number of nitrogens with one attached hydrogen (secondary N) is 1. The summed E-state index contributed by atoms with van der Waals surface area (Å²) in [6.45, 7) is 0. The Kier molecular flexibility index (Phi) is 2.68. The molecule has 0 spiro atoms. The molecule has 0 atom stereocenters. The van der Waals surface area contributed by atoms with Gasteiger partial charge in [0.1, 0.15) is 0 Å². The Morgan fingerprint density at radius 2 is 1.35 bits per heavy atom. The van der Waals surface area contributed by atoms with Gasteiger partial charge in [-0.3, -0.25) is 0 Å². The van der Waals surface area contributed by atoms with Crippen LogP contribution >= 0.6 is 11.3 Å². The van der Waals surface area contributed by atoms with Gasteiger partial charge in [-0.1, -0.05) is 60.7 Å². The molecule has 0 aliphatic rings. The zero-order chi connectivity index (χ0) is 13.4. The molecule has 0 amide bonds. The van der Waals surface area contributed by atoms with Gasteiger partial charge in [0.05, 0.1) is 15.9 Å². The van der Waals surface area contributed by atoms with E-state index in [1.807, 2.05) is 0 Å². The van der Waals surface area contributed by atoms with Crippen LogP contribution in [0.3, 0.4) is 0 Å². The summed E-state index contributed by atoms with van der Waals surface area (Å²) in [6.07, 6.45) is 0. The maximum absolute atomic E-state index is 3.57. The molecule has 0 saturated carbocycles. The molecule has 0 aliphatic carbocycles. The molecular formula is C18H13NS. The minimum absolute atomic E-state index is 1.21. The third-order valence-electron chi connectivity index (χ3n) is 3.53. The normalized spacial score (nSPS) is 11.0. The first-order valence-corrected chi connectivity index (χ1v) is 7.51. The van der Waals surface area contributed by atoms with Crippen LogP contribution in [-0.2, 0) is 0 Å². The smallest absolute Gasteiger partial charge is 0.0604 e. The van der Waals surface area contributed by atoms with E-state index in [-0.39, 0.29) is 0 Å². The first-order chi connectivity index (χ1) is 9.93. The molecule has 2 aromatic carbocycles. The third-order valence-corrected chi connectivity index (χ3v) is 4.46. The van der Waals surface area contributed by atoms with Crippen molar-refractivity contribution in [3.8, 4) is 22.4 Å². The highest BCUT2D eigenvalue weighted by Crippen LogP contribution is 2.40. The molecule has 0 bridgehead atoms. The molecule has 0 radical (unpaired) electrons. The fourth-order valence-electron chi connectivity index (χ4n) is 2.61. The van der Waals surface area contributed by atoms with Crippen molar-refractivity contribution >= 4 is 21.6 Å². The van der Waals surface area contributed by atoms with E-state index >= 15 is 0 Å². The quantitative estimate of drug-likeness (QED) is 0.492. The van der Waals surface area contributed by atoms with Crippen LogP contribution in [0.2, 0.25) is 0 Å². The summed E-state index contributed by atoms with van der Waals surface area (Å²) in [5.41, 5.74) is 6.22. The van der Waals surface area contributed by atoms with Crippen LogP contribution in [0.1, 0.15) is 0 Å². The maximum atomic E-state index is 3.57. The molecule has 1 N–H and O–H groups in total. The van der Waals surface area contributed by atoms with Crippen molar-refractivity contribution < 1.29 is 0 Å². The number of aromatic amines is 1. The molecular weight excluding hydrogens is 262 g/mol. The van der Waals surface area contributed by atoms with Crippen molar-refractivity contribution in [2.24, 2.45) is 0 Å². The number of aromatic nitrogens is 1. The van der Waals surface area contributed by atoms with Crippen molar-refractivity contribution in [2.45, 2.75) is 0 Å². The lowest BCUT2D eigenvalue weighted by molar-refractivity contribution is 1.45. The molecule has 2 heterocycles. The van der Waals surface area contributed by atoms with E-state index < -0.39 is 0 Å². The Morgan fingerprint density at radius 3 is 2.05 bits per heavy atom. The third kappa shape index (κ3) is 1.77. The highest BCUT2D eigenvalue weighted by molar-refractivity contribution is 7.17. The average Bonchev–Trinajstić information content (AvgIpc) is 3.09. The van der Waals surface area contributed by atoms with Crippen LogP contribution in [0.5, 0.6) is 0 Å². The van der Waals surface area contributed by atoms with Crippen molar-refractivity contribution in [1.29, 1.82) is 0 Å². The minimum Gasteiger partial charge on any atom is -0.353 e. The predicted molar refractivity (Wildman–Crippen MR) is 87.0 cm³/mol. The largest absolute Gasteiger partial charge is 0.353 e. The van der Waals surface area contributed by atoms with E-state index in [0.717, 1.165) is 0 Å². The molecule has 0 fully saturated rings. The van der Waals surface area contributed by atoms with E-state index in [2.05, 4.69) is 77.1 Å². The topological polar surface area (TPSA) is 15.8 Å². The summed E-state index contributed by atoms with van der Waals surface area (Å²) in [5, 5.41) is 2.14. The van der Waals surface area contributed by atoms with Gasteiger partial charge in [-0.05, 0) is 22.6 Å². The lowest BCUT2D eigenvalue weighted by Gasteiger charge is -2.05. The number of rotatable bonds is 2. The first kappa shape index (κ1) is 11.5. The Bertz CT molecular complexity index is 841. The SMILES string of the molecule is c1ccc(-c2[nH]c3ccsc3c2-c2ccccc2)cc1. The summed E-state index contributed by atoms with van der Waals surface area (Å²) >= 11 is 1.79. The average molecular weight is 275 g/mol. The monoisotopic (exact) mass is 275 g/mol. The van der Waals surface area contributed by atoms with E-state index in [4.69, 9.17) is 0 Å². The second kappa shape index (κ2) is 4.66. The van der Waals surface area contributed by atoms with Gasteiger partial charge in [0.25, 0.3) is 0 Å². The molecule has 1 nitrogen and oxygen atoms in total. The lowest BCUT2D eigenvalue weighted by Crippen LogP contribution is -1.82.